The first-order chi connectivity index (χ1) is 5.66. The van der Waals surface area contributed by atoms with Crippen molar-refractivity contribution in [2.75, 3.05) is 0 Å². The Morgan fingerprint density at radius 2 is 1.58 bits per heavy atom. The van der Waals surface area contributed by atoms with E-state index in [0.29, 0.717) is 15.2 Å². The molecule has 62 valence electrons. The fourth-order valence-electron chi connectivity index (χ4n) is 1.09. The first-order valence-corrected chi connectivity index (χ1v) is 4.43. The minimum Gasteiger partial charge on any atom is -0.346 e. The first-order valence-electron chi connectivity index (χ1n) is 3.30. The van der Waals surface area contributed by atoms with Crippen LogP contribution in [0.5, 0.6) is 0 Å². The van der Waals surface area contributed by atoms with Crippen LogP contribution in [-0.4, -0.2) is 4.98 Å². The van der Waals surface area contributed by atoms with Crippen LogP contribution in [0.25, 0.3) is 10.9 Å². The number of hydrogen-bond acceptors (Lipinski definition) is 0. The van der Waals surface area contributed by atoms with Crippen molar-refractivity contribution >= 4 is 45.7 Å². The van der Waals surface area contributed by atoms with Gasteiger partial charge < -0.3 is 4.98 Å². The molecule has 0 saturated carbocycles. The highest BCUT2D eigenvalue weighted by Crippen LogP contribution is 2.28. The summed E-state index contributed by atoms with van der Waals surface area (Å²) in [5.41, 5.74) is 0.898. The number of nitrogens with one attached hydrogen (secondary N) is 1. The highest BCUT2D eigenvalue weighted by Gasteiger charge is 2.02. The molecule has 0 fully saturated rings. The van der Waals surface area contributed by atoms with E-state index in [9.17, 15) is 0 Å². The van der Waals surface area contributed by atoms with Gasteiger partial charge in [-0.25, -0.2) is 0 Å². The highest BCUT2D eigenvalue weighted by molar-refractivity contribution is 6.43. The van der Waals surface area contributed by atoms with Gasteiger partial charge in [-0.2, -0.15) is 0 Å². The van der Waals surface area contributed by atoms with E-state index >= 15 is 0 Å². The van der Waals surface area contributed by atoms with E-state index < -0.39 is 0 Å². The summed E-state index contributed by atoms with van der Waals surface area (Å²) in [5, 5.41) is 2.63. The summed E-state index contributed by atoms with van der Waals surface area (Å²) in [7, 11) is 0. The molecule has 1 N–H and O–H groups in total. The van der Waals surface area contributed by atoms with Gasteiger partial charge in [0.2, 0.25) is 0 Å². The van der Waals surface area contributed by atoms with Gasteiger partial charge in [-0.3, -0.25) is 0 Å². The van der Waals surface area contributed by atoms with Gasteiger partial charge in [0.05, 0.1) is 10.0 Å². The lowest BCUT2D eigenvalue weighted by Gasteiger charge is -1.94. The zero-order valence-electron chi connectivity index (χ0n) is 5.87. The topological polar surface area (TPSA) is 15.8 Å². The predicted octanol–water partition coefficient (Wildman–Crippen LogP) is 4.13. The average molecular weight is 220 g/mol. The molecule has 2 rings (SSSR count). The van der Waals surface area contributed by atoms with E-state index in [4.69, 9.17) is 34.8 Å². The first kappa shape index (κ1) is 8.24. The van der Waals surface area contributed by atoms with Gasteiger partial charge in [-0.05, 0) is 18.2 Å². The Labute approximate surface area is 84.2 Å². The van der Waals surface area contributed by atoms with E-state index in [2.05, 4.69) is 4.98 Å². The van der Waals surface area contributed by atoms with Gasteiger partial charge in [-0.1, -0.05) is 34.8 Å². The second-order valence-corrected chi connectivity index (χ2v) is 3.69. The lowest BCUT2D eigenvalue weighted by Crippen LogP contribution is -1.70. The Morgan fingerprint density at radius 3 is 2.33 bits per heavy atom. The molecule has 1 aromatic carbocycles. The smallest absolute Gasteiger partial charge is 0.107 e. The van der Waals surface area contributed by atoms with Crippen molar-refractivity contribution in [3.05, 3.63) is 33.4 Å². The number of fused-ring (bicyclic) bond motifs is 1. The van der Waals surface area contributed by atoms with Crippen LogP contribution in [-0.2, 0) is 0 Å². The largest absolute Gasteiger partial charge is 0.346 e. The van der Waals surface area contributed by atoms with Gasteiger partial charge in [0.25, 0.3) is 0 Å². The van der Waals surface area contributed by atoms with Crippen LogP contribution in [0, 0.1) is 0 Å². The van der Waals surface area contributed by atoms with Crippen molar-refractivity contribution in [1.82, 2.24) is 4.98 Å². The Kier molecular flexibility index (Phi) is 1.95. The van der Waals surface area contributed by atoms with Gasteiger partial charge in [-0.15, -0.1) is 0 Å². The maximum absolute atomic E-state index is 5.81. The average Bonchev–Trinajstić information content (AvgIpc) is 2.30. The Balaban J connectivity index is 2.83. The highest BCUT2D eigenvalue weighted by atomic mass is 35.5. The fourth-order valence-corrected chi connectivity index (χ4v) is 1.65. The predicted molar refractivity (Wildman–Crippen MR) is 53.3 cm³/mol. The molecule has 1 heterocycles. The molecular weight excluding hydrogens is 216 g/mol. The molecule has 0 saturated heterocycles. The van der Waals surface area contributed by atoms with Crippen molar-refractivity contribution in [2.24, 2.45) is 0 Å². The van der Waals surface area contributed by atoms with Crippen LogP contribution in [0.15, 0.2) is 18.2 Å². The summed E-state index contributed by atoms with van der Waals surface area (Å²) < 4.78 is 0. The number of hydrogen-bond donors (Lipinski definition) is 1. The quantitative estimate of drug-likeness (QED) is 0.687. The lowest BCUT2D eigenvalue weighted by molar-refractivity contribution is 1.48. The van der Waals surface area contributed by atoms with Crippen LogP contribution in [0.1, 0.15) is 0 Å². The van der Waals surface area contributed by atoms with E-state index in [1.165, 1.54) is 0 Å². The third-order valence-corrected chi connectivity index (χ3v) is 2.55. The summed E-state index contributed by atoms with van der Waals surface area (Å²) in [6.45, 7) is 0. The monoisotopic (exact) mass is 219 g/mol. The summed E-state index contributed by atoms with van der Waals surface area (Å²) in [4.78, 5) is 2.95. The molecule has 0 spiro atoms. The Hall–Kier alpha value is -0.370. The van der Waals surface area contributed by atoms with Crippen LogP contribution >= 0.6 is 34.8 Å². The molecule has 0 atom stereocenters. The van der Waals surface area contributed by atoms with Crippen LogP contribution in [0.4, 0.5) is 0 Å². The Morgan fingerprint density at radius 1 is 0.917 bits per heavy atom. The zero-order valence-corrected chi connectivity index (χ0v) is 8.13. The third kappa shape index (κ3) is 1.28. The summed E-state index contributed by atoms with van der Waals surface area (Å²) in [6, 6.07) is 5.34. The van der Waals surface area contributed by atoms with E-state index in [1.54, 1.807) is 18.2 Å². The number of halogens is 3. The molecule has 2 aromatic rings. The molecule has 0 aliphatic carbocycles. The molecule has 12 heavy (non-hydrogen) atoms. The van der Waals surface area contributed by atoms with Crippen LogP contribution in [0.3, 0.4) is 0 Å². The molecule has 4 heteroatoms. The molecule has 0 unspecified atom stereocenters. The van der Waals surface area contributed by atoms with Gasteiger partial charge in [0, 0.05) is 10.9 Å². The molecule has 0 amide bonds. The maximum atomic E-state index is 5.81. The van der Waals surface area contributed by atoms with Gasteiger partial charge in [0.1, 0.15) is 5.15 Å². The maximum Gasteiger partial charge on any atom is 0.107 e. The van der Waals surface area contributed by atoms with Crippen LogP contribution < -0.4 is 0 Å². The molecule has 0 aliphatic heterocycles. The van der Waals surface area contributed by atoms with E-state index in [-0.39, 0.29) is 0 Å². The van der Waals surface area contributed by atoms with Crippen molar-refractivity contribution in [2.45, 2.75) is 0 Å². The summed E-state index contributed by atoms with van der Waals surface area (Å²) >= 11 is 17.4. The number of aromatic amines is 1. The molecular formula is C8H4Cl3N. The third-order valence-electron chi connectivity index (χ3n) is 1.63. The van der Waals surface area contributed by atoms with Crippen molar-refractivity contribution in [1.29, 1.82) is 0 Å². The fraction of sp³-hybridized carbons (Fsp3) is 0. The SMILES string of the molecule is Clc1cc2cc(Cl)c(Cl)cc2[nH]1. The van der Waals surface area contributed by atoms with E-state index in [0.717, 1.165) is 10.9 Å². The number of benzene rings is 1. The normalized spacial score (nSPS) is 10.9. The second-order valence-electron chi connectivity index (χ2n) is 2.47. The van der Waals surface area contributed by atoms with Gasteiger partial charge in [0.15, 0.2) is 0 Å². The van der Waals surface area contributed by atoms with Crippen molar-refractivity contribution in [3.63, 3.8) is 0 Å². The molecule has 0 bridgehead atoms. The number of aromatic nitrogens is 1. The zero-order chi connectivity index (χ0) is 8.72. The standard InChI is InChI=1S/C8H4Cl3N/c9-5-1-4-2-8(11)12-7(4)3-6(5)10/h1-3,12H. The molecule has 0 aliphatic rings. The van der Waals surface area contributed by atoms with Crippen molar-refractivity contribution in [3.8, 4) is 0 Å². The Bertz CT molecular complexity index is 394. The lowest BCUT2D eigenvalue weighted by atomic mass is 10.2. The van der Waals surface area contributed by atoms with Gasteiger partial charge >= 0.3 is 0 Å². The molecule has 1 nitrogen and oxygen atoms in total. The number of rotatable bonds is 0. The van der Waals surface area contributed by atoms with Crippen molar-refractivity contribution < 1.29 is 0 Å². The second kappa shape index (κ2) is 2.84. The minimum atomic E-state index is 0.530. The van der Waals surface area contributed by atoms with Crippen LogP contribution in [0.2, 0.25) is 15.2 Å². The number of H-pyrrole nitrogens is 1. The van der Waals surface area contributed by atoms with E-state index in [1.807, 2.05) is 0 Å². The molecule has 1 aromatic heterocycles. The molecule has 0 radical (unpaired) electrons. The minimum absolute atomic E-state index is 0.530. The summed E-state index contributed by atoms with van der Waals surface area (Å²) in [5.74, 6) is 0. The summed E-state index contributed by atoms with van der Waals surface area (Å²) in [6.07, 6.45) is 0.